The molecule has 18 heavy (non-hydrogen) atoms. The standard InChI is InChI=1S/C14H18O4/c1-3-5-14(16)18-10-13(15)11-6-8-12(9-7-11)17-4-2/h6-9H,3-5,10H2,1-2H3. The lowest BCUT2D eigenvalue weighted by molar-refractivity contribution is -0.142. The number of carbonyl (C=O) groups is 2. The summed E-state index contributed by atoms with van der Waals surface area (Å²) in [6.07, 6.45) is 1.06. The van der Waals surface area contributed by atoms with Crippen LogP contribution in [0.15, 0.2) is 24.3 Å². The highest BCUT2D eigenvalue weighted by Crippen LogP contribution is 2.12. The SMILES string of the molecule is CCCC(=O)OCC(=O)c1ccc(OCC)cc1. The van der Waals surface area contributed by atoms with E-state index in [0.717, 1.165) is 12.2 Å². The first-order valence-electron chi connectivity index (χ1n) is 6.09. The van der Waals surface area contributed by atoms with Gasteiger partial charge < -0.3 is 9.47 Å². The molecule has 0 aromatic heterocycles. The van der Waals surface area contributed by atoms with Gasteiger partial charge in [-0.1, -0.05) is 6.92 Å². The van der Waals surface area contributed by atoms with Crippen LogP contribution in [0.25, 0.3) is 0 Å². The molecule has 0 unspecified atom stereocenters. The van der Waals surface area contributed by atoms with E-state index in [0.29, 0.717) is 18.6 Å². The highest BCUT2D eigenvalue weighted by Gasteiger charge is 2.09. The van der Waals surface area contributed by atoms with Crippen LogP contribution in [0.2, 0.25) is 0 Å². The summed E-state index contributed by atoms with van der Waals surface area (Å²) in [4.78, 5) is 22.8. The van der Waals surface area contributed by atoms with Crippen LogP contribution in [0.1, 0.15) is 37.0 Å². The van der Waals surface area contributed by atoms with Gasteiger partial charge in [0.15, 0.2) is 12.4 Å². The molecule has 0 N–H and O–H groups in total. The Labute approximate surface area is 107 Å². The number of ketones is 1. The number of esters is 1. The maximum atomic E-state index is 11.7. The Bertz CT molecular complexity index is 395. The number of hydrogen-bond acceptors (Lipinski definition) is 4. The molecule has 1 rings (SSSR count). The zero-order valence-electron chi connectivity index (χ0n) is 10.8. The molecule has 0 saturated carbocycles. The van der Waals surface area contributed by atoms with Crippen molar-refractivity contribution in [1.29, 1.82) is 0 Å². The van der Waals surface area contributed by atoms with E-state index >= 15 is 0 Å². The van der Waals surface area contributed by atoms with Gasteiger partial charge in [-0.05, 0) is 37.6 Å². The number of rotatable bonds is 7. The van der Waals surface area contributed by atoms with Gasteiger partial charge in [0.1, 0.15) is 5.75 Å². The second-order valence-corrected chi connectivity index (χ2v) is 3.79. The summed E-state index contributed by atoms with van der Waals surface area (Å²) < 4.78 is 10.1. The summed E-state index contributed by atoms with van der Waals surface area (Å²) in [5.74, 6) is 0.177. The molecular formula is C14H18O4. The molecule has 0 amide bonds. The third kappa shape index (κ3) is 4.57. The summed E-state index contributed by atoms with van der Waals surface area (Å²) in [7, 11) is 0. The first-order chi connectivity index (χ1) is 8.67. The Balaban J connectivity index is 2.48. The fourth-order valence-corrected chi connectivity index (χ4v) is 1.41. The number of hydrogen-bond donors (Lipinski definition) is 0. The monoisotopic (exact) mass is 250 g/mol. The molecule has 0 radical (unpaired) electrons. The fraction of sp³-hybridized carbons (Fsp3) is 0.429. The van der Waals surface area contributed by atoms with Crippen LogP contribution < -0.4 is 4.74 Å². The molecule has 0 saturated heterocycles. The maximum absolute atomic E-state index is 11.7. The number of ether oxygens (including phenoxy) is 2. The molecule has 0 aliphatic rings. The number of benzene rings is 1. The molecule has 0 fully saturated rings. The normalized spacial score (nSPS) is 9.89. The Morgan fingerprint density at radius 3 is 2.33 bits per heavy atom. The number of carbonyl (C=O) groups excluding carboxylic acids is 2. The second kappa shape index (κ2) is 7.48. The van der Waals surface area contributed by atoms with Crippen molar-refractivity contribution in [2.45, 2.75) is 26.7 Å². The third-order valence-electron chi connectivity index (χ3n) is 2.31. The minimum absolute atomic E-state index is 0.202. The summed E-state index contributed by atoms with van der Waals surface area (Å²) >= 11 is 0. The molecular weight excluding hydrogens is 232 g/mol. The molecule has 4 nitrogen and oxygen atoms in total. The van der Waals surface area contributed by atoms with Gasteiger partial charge in [-0.3, -0.25) is 9.59 Å². The zero-order valence-corrected chi connectivity index (χ0v) is 10.8. The lowest BCUT2D eigenvalue weighted by atomic mass is 10.1. The lowest BCUT2D eigenvalue weighted by Crippen LogP contribution is -2.13. The summed E-state index contributed by atoms with van der Waals surface area (Å²) in [6, 6.07) is 6.79. The van der Waals surface area contributed by atoms with Crippen molar-refractivity contribution in [3.05, 3.63) is 29.8 Å². The van der Waals surface area contributed by atoms with Gasteiger partial charge in [-0.2, -0.15) is 0 Å². The van der Waals surface area contributed by atoms with Gasteiger partial charge in [0.2, 0.25) is 0 Å². The van der Waals surface area contributed by atoms with Gasteiger partial charge in [-0.25, -0.2) is 0 Å². The average Bonchev–Trinajstić information content (AvgIpc) is 2.37. The van der Waals surface area contributed by atoms with Gasteiger partial charge >= 0.3 is 5.97 Å². The first-order valence-corrected chi connectivity index (χ1v) is 6.09. The van der Waals surface area contributed by atoms with Crippen LogP contribution in [0.4, 0.5) is 0 Å². The van der Waals surface area contributed by atoms with Crippen LogP contribution in [0.3, 0.4) is 0 Å². The predicted octanol–water partition coefficient (Wildman–Crippen LogP) is 2.61. The van der Waals surface area contributed by atoms with Gasteiger partial charge in [-0.15, -0.1) is 0 Å². The van der Waals surface area contributed by atoms with Crippen molar-refractivity contribution < 1.29 is 19.1 Å². The van der Waals surface area contributed by atoms with Crippen molar-refractivity contribution in [2.24, 2.45) is 0 Å². The van der Waals surface area contributed by atoms with Crippen molar-refractivity contribution in [3.8, 4) is 5.75 Å². The van der Waals surface area contributed by atoms with E-state index in [4.69, 9.17) is 9.47 Å². The van der Waals surface area contributed by atoms with Crippen molar-refractivity contribution in [3.63, 3.8) is 0 Å². The van der Waals surface area contributed by atoms with Gasteiger partial charge in [0, 0.05) is 12.0 Å². The van der Waals surface area contributed by atoms with Gasteiger partial charge in [0.05, 0.1) is 6.61 Å². The van der Waals surface area contributed by atoms with Crippen LogP contribution >= 0.6 is 0 Å². The zero-order chi connectivity index (χ0) is 13.4. The van der Waals surface area contributed by atoms with E-state index in [2.05, 4.69) is 0 Å². The minimum Gasteiger partial charge on any atom is -0.494 e. The van der Waals surface area contributed by atoms with Crippen molar-refractivity contribution >= 4 is 11.8 Å². The second-order valence-electron chi connectivity index (χ2n) is 3.79. The largest absolute Gasteiger partial charge is 0.494 e. The molecule has 0 aliphatic carbocycles. The molecule has 0 spiro atoms. The first kappa shape index (κ1) is 14.2. The van der Waals surface area contributed by atoms with Crippen LogP contribution in [-0.2, 0) is 9.53 Å². The van der Waals surface area contributed by atoms with Crippen molar-refractivity contribution in [1.82, 2.24) is 0 Å². The van der Waals surface area contributed by atoms with E-state index in [9.17, 15) is 9.59 Å². The van der Waals surface area contributed by atoms with E-state index < -0.39 is 0 Å². The quantitative estimate of drug-likeness (QED) is 0.551. The maximum Gasteiger partial charge on any atom is 0.306 e. The molecule has 1 aromatic rings. The highest BCUT2D eigenvalue weighted by molar-refractivity contribution is 5.98. The van der Waals surface area contributed by atoms with Crippen molar-refractivity contribution in [2.75, 3.05) is 13.2 Å². The van der Waals surface area contributed by atoms with Gasteiger partial charge in [0.25, 0.3) is 0 Å². The Hall–Kier alpha value is -1.84. The molecule has 98 valence electrons. The highest BCUT2D eigenvalue weighted by atomic mass is 16.5. The summed E-state index contributed by atoms with van der Waals surface area (Å²) in [6.45, 7) is 4.16. The summed E-state index contributed by atoms with van der Waals surface area (Å²) in [5.41, 5.74) is 0.516. The summed E-state index contributed by atoms with van der Waals surface area (Å²) in [5, 5.41) is 0. The van der Waals surface area contributed by atoms with E-state index in [-0.39, 0.29) is 18.4 Å². The average molecular weight is 250 g/mol. The molecule has 1 aromatic carbocycles. The topological polar surface area (TPSA) is 52.6 Å². The third-order valence-corrected chi connectivity index (χ3v) is 2.31. The molecule has 0 atom stereocenters. The Morgan fingerprint density at radius 2 is 1.78 bits per heavy atom. The van der Waals surface area contributed by atoms with Crippen LogP contribution in [0, 0.1) is 0 Å². The van der Waals surface area contributed by atoms with E-state index in [1.54, 1.807) is 24.3 Å². The predicted molar refractivity (Wildman–Crippen MR) is 67.8 cm³/mol. The molecule has 0 heterocycles. The fourth-order valence-electron chi connectivity index (χ4n) is 1.41. The van der Waals surface area contributed by atoms with E-state index in [1.165, 1.54) is 0 Å². The molecule has 0 aliphatic heterocycles. The van der Waals surface area contributed by atoms with E-state index in [1.807, 2.05) is 13.8 Å². The number of Topliss-reactive ketones (excluding diaryl/α,β-unsaturated/α-hetero) is 1. The smallest absolute Gasteiger partial charge is 0.306 e. The molecule has 4 heteroatoms. The van der Waals surface area contributed by atoms with Crippen LogP contribution in [0.5, 0.6) is 5.75 Å². The van der Waals surface area contributed by atoms with Crippen LogP contribution in [-0.4, -0.2) is 25.0 Å². The lowest BCUT2D eigenvalue weighted by Gasteiger charge is -2.05. The minimum atomic E-state index is -0.336. The Morgan fingerprint density at radius 1 is 1.11 bits per heavy atom. The molecule has 0 bridgehead atoms. The Kier molecular flexibility index (Phi) is 5.91.